The average Bonchev–Trinajstić information content (AvgIpc) is 2.43. The number of rotatable bonds is 12. The van der Waals surface area contributed by atoms with Crippen LogP contribution >= 0.6 is 0 Å². The van der Waals surface area contributed by atoms with Crippen LogP contribution in [0.5, 0.6) is 0 Å². The molecule has 0 unspecified atom stereocenters. The van der Waals surface area contributed by atoms with E-state index < -0.39 is 0 Å². The molecule has 0 rings (SSSR count). The molecule has 1 heteroatoms. The van der Waals surface area contributed by atoms with E-state index >= 15 is 0 Å². The van der Waals surface area contributed by atoms with E-state index in [1.54, 1.807) is 12.2 Å². The molecule has 0 aliphatic rings. The summed E-state index contributed by atoms with van der Waals surface area (Å²) in [7, 11) is 0. The molecule has 1 nitrogen and oxygen atoms in total. The summed E-state index contributed by atoms with van der Waals surface area (Å²) in [6.45, 7) is 2.36. The Morgan fingerprint density at radius 2 is 1.32 bits per heavy atom. The van der Waals surface area contributed by atoms with Gasteiger partial charge >= 0.3 is 0 Å². The maximum atomic E-state index is 8.52. The molecule has 0 radical (unpaired) electrons. The number of hydrogen-bond acceptors (Lipinski definition) is 1. The van der Waals surface area contributed by atoms with E-state index in [1.165, 1.54) is 70.6 Å². The molecule has 0 amide bonds. The van der Waals surface area contributed by atoms with Crippen molar-refractivity contribution in [3.8, 4) is 11.8 Å². The van der Waals surface area contributed by atoms with Gasteiger partial charge in [0.05, 0.1) is 6.61 Å². The number of allylic oxidation sites excluding steroid dienone is 1. The van der Waals surface area contributed by atoms with Crippen LogP contribution in [0.25, 0.3) is 0 Å². The van der Waals surface area contributed by atoms with E-state index in [9.17, 15) is 0 Å². The van der Waals surface area contributed by atoms with Gasteiger partial charge in [-0.05, 0) is 12.5 Å². The van der Waals surface area contributed by atoms with Gasteiger partial charge in [0.1, 0.15) is 0 Å². The van der Waals surface area contributed by atoms with E-state index in [0.29, 0.717) is 0 Å². The number of unbranched alkanes of at least 4 members (excludes halogenated alkanes) is 11. The smallest absolute Gasteiger partial charge is 0.0621 e. The van der Waals surface area contributed by atoms with Gasteiger partial charge in [0.25, 0.3) is 0 Å². The zero-order chi connectivity index (χ0) is 14.0. The minimum Gasteiger partial charge on any atom is -0.392 e. The van der Waals surface area contributed by atoms with Crippen LogP contribution in [0.4, 0.5) is 0 Å². The topological polar surface area (TPSA) is 20.2 Å². The Bertz CT molecular complexity index is 244. The summed E-state index contributed by atoms with van der Waals surface area (Å²) in [5.41, 5.74) is 0. The van der Waals surface area contributed by atoms with E-state index in [4.69, 9.17) is 5.11 Å². The largest absolute Gasteiger partial charge is 0.392 e. The van der Waals surface area contributed by atoms with Crippen LogP contribution in [-0.2, 0) is 0 Å². The molecule has 0 atom stereocenters. The third-order valence-electron chi connectivity index (χ3n) is 3.31. The quantitative estimate of drug-likeness (QED) is 0.377. The normalized spacial score (nSPS) is 10.6. The monoisotopic (exact) mass is 264 g/mol. The second kappa shape index (κ2) is 17.3. The van der Waals surface area contributed by atoms with Gasteiger partial charge in [0.15, 0.2) is 0 Å². The Kier molecular flexibility index (Phi) is 16.6. The molecule has 0 heterocycles. The van der Waals surface area contributed by atoms with Gasteiger partial charge < -0.3 is 5.11 Å². The van der Waals surface area contributed by atoms with Crippen molar-refractivity contribution in [3.05, 3.63) is 12.2 Å². The molecule has 19 heavy (non-hydrogen) atoms. The van der Waals surface area contributed by atoms with Gasteiger partial charge in [0, 0.05) is 6.42 Å². The summed E-state index contributed by atoms with van der Waals surface area (Å²) in [5, 5.41) is 8.52. The molecule has 0 fully saturated rings. The molecule has 0 saturated carbocycles. The van der Waals surface area contributed by atoms with Gasteiger partial charge in [0.2, 0.25) is 0 Å². The average molecular weight is 264 g/mol. The summed E-state index contributed by atoms with van der Waals surface area (Å²) in [5.74, 6) is 6.03. The van der Waals surface area contributed by atoms with E-state index in [2.05, 4.69) is 18.8 Å². The second-order valence-electron chi connectivity index (χ2n) is 5.19. The van der Waals surface area contributed by atoms with Gasteiger partial charge in [-0.3, -0.25) is 0 Å². The summed E-state index contributed by atoms with van der Waals surface area (Å²) >= 11 is 0. The number of hydrogen-bond donors (Lipinski definition) is 1. The molecule has 0 aromatic carbocycles. The number of aliphatic hydroxyl groups is 1. The fourth-order valence-corrected chi connectivity index (χ4v) is 2.12. The standard InChI is InChI=1S/C18H32O/c1-2-3-4-5-6-7-8-9-10-11-12-13-14-15-16-17-18-19/h16-17,19H,2-13,18H2,1H3/b17-16+. The van der Waals surface area contributed by atoms with Crippen molar-refractivity contribution < 1.29 is 5.11 Å². The van der Waals surface area contributed by atoms with Crippen LogP contribution in [0.3, 0.4) is 0 Å². The van der Waals surface area contributed by atoms with Gasteiger partial charge in [-0.25, -0.2) is 0 Å². The van der Waals surface area contributed by atoms with Crippen LogP contribution in [-0.4, -0.2) is 11.7 Å². The van der Waals surface area contributed by atoms with E-state index in [0.717, 1.165) is 6.42 Å². The summed E-state index contributed by atoms with van der Waals surface area (Å²) in [6.07, 6.45) is 19.6. The van der Waals surface area contributed by atoms with Crippen molar-refractivity contribution in [2.75, 3.05) is 6.61 Å². The summed E-state index contributed by atoms with van der Waals surface area (Å²) in [6, 6.07) is 0. The Morgan fingerprint density at radius 3 is 1.84 bits per heavy atom. The second-order valence-corrected chi connectivity index (χ2v) is 5.19. The minimum atomic E-state index is 0.0904. The van der Waals surface area contributed by atoms with Gasteiger partial charge in [-0.2, -0.15) is 0 Å². The first kappa shape index (κ1) is 18.3. The van der Waals surface area contributed by atoms with Crippen LogP contribution in [0.15, 0.2) is 12.2 Å². The maximum Gasteiger partial charge on any atom is 0.0621 e. The van der Waals surface area contributed by atoms with E-state index in [-0.39, 0.29) is 6.61 Å². The van der Waals surface area contributed by atoms with Crippen LogP contribution in [0, 0.1) is 11.8 Å². The first-order chi connectivity index (χ1) is 9.41. The maximum absolute atomic E-state index is 8.52. The molecule has 0 bridgehead atoms. The first-order valence-corrected chi connectivity index (χ1v) is 8.16. The summed E-state index contributed by atoms with van der Waals surface area (Å²) in [4.78, 5) is 0. The van der Waals surface area contributed by atoms with Crippen molar-refractivity contribution in [2.45, 2.75) is 84.0 Å². The predicted octanol–water partition coefficient (Wildman–Crippen LogP) is 5.24. The van der Waals surface area contributed by atoms with Crippen molar-refractivity contribution in [3.63, 3.8) is 0 Å². The highest BCUT2D eigenvalue weighted by Crippen LogP contribution is 2.11. The Morgan fingerprint density at radius 1 is 0.789 bits per heavy atom. The fraction of sp³-hybridized carbons (Fsp3) is 0.778. The molecule has 0 saturated heterocycles. The molecular weight excluding hydrogens is 232 g/mol. The molecule has 110 valence electrons. The predicted molar refractivity (Wildman–Crippen MR) is 85.1 cm³/mol. The van der Waals surface area contributed by atoms with Crippen LogP contribution in [0.2, 0.25) is 0 Å². The third-order valence-corrected chi connectivity index (χ3v) is 3.31. The zero-order valence-corrected chi connectivity index (χ0v) is 12.8. The molecule has 0 spiro atoms. The minimum absolute atomic E-state index is 0.0904. The van der Waals surface area contributed by atoms with E-state index in [1.807, 2.05) is 0 Å². The molecular formula is C18H32O. The molecule has 0 aliphatic heterocycles. The number of aliphatic hydroxyl groups excluding tert-OH is 1. The molecule has 1 N–H and O–H groups in total. The van der Waals surface area contributed by atoms with Crippen molar-refractivity contribution in [1.29, 1.82) is 0 Å². The van der Waals surface area contributed by atoms with Gasteiger partial charge in [-0.1, -0.05) is 89.0 Å². The highest BCUT2D eigenvalue weighted by molar-refractivity contribution is 5.14. The fourth-order valence-electron chi connectivity index (χ4n) is 2.12. The Balaban J connectivity index is 3.06. The molecule has 0 aromatic heterocycles. The lowest BCUT2D eigenvalue weighted by Gasteiger charge is -2.01. The lowest BCUT2D eigenvalue weighted by molar-refractivity contribution is 0.343. The summed E-state index contributed by atoms with van der Waals surface area (Å²) < 4.78 is 0. The lowest BCUT2D eigenvalue weighted by Crippen LogP contribution is -1.82. The third kappa shape index (κ3) is 17.3. The molecule has 0 aliphatic carbocycles. The SMILES string of the molecule is CCCCCCCCCCCCCC#C/C=C/CO. The van der Waals surface area contributed by atoms with Crippen molar-refractivity contribution in [1.82, 2.24) is 0 Å². The Hall–Kier alpha value is -0.740. The lowest BCUT2D eigenvalue weighted by atomic mass is 10.1. The zero-order valence-electron chi connectivity index (χ0n) is 12.8. The molecule has 0 aromatic rings. The van der Waals surface area contributed by atoms with Crippen molar-refractivity contribution >= 4 is 0 Å². The first-order valence-electron chi connectivity index (χ1n) is 8.16. The van der Waals surface area contributed by atoms with Gasteiger partial charge in [-0.15, -0.1) is 0 Å². The highest BCUT2D eigenvalue weighted by atomic mass is 16.2. The Labute approximate surface area is 120 Å². The van der Waals surface area contributed by atoms with Crippen molar-refractivity contribution in [2.24, 2.45) is 0 Å². The van der Waals surface area contributed by atoms with Crippen LogP contribution < -0.4 is 0 Å². The van der Waals surface area contributed by atoms with Crippen LogP contribution in [0.1, 0.15) is 84.0 Å². The highest BCUT2D eigenvalue weighted by Gasteiger charge is 1.92.